The van der Waals surface area contributed by atoms with Crippen molar-refractivity contribution in [2.75, 3.05) is 6.54 Å². The third kappa shape index (κ3) is 3.79. The van der Waals surface area contributed by atoms with Crippen molar-refractivity contribution in [3.63, 3.8) is 0 Å². The lowest BCUT2D eigenvalue weighted by Crippen LogP contribution is -2.42. The number of rotatable bonds is 5. The lowest BCUT2D eigenvalue weighted by molar-refractivity contribution is -0.132. The standard InChI is InChI=1S/C10H19N3O3/c1-6(4-9(12)14)13-10(15)8-3-2-7(5-11)16-8/h6-8H,2-5,11H2,1H3,(H2,12,14)(H,13,15). The molecule has 6 nitrogen and oxygen atoms in total. The average molecular weight is 229 g/mol. The number of ether oxygens (including phenoxy) is 1. The average Bonchev–Trinajstić information content (AvgIpc) is 2.64. The van der Waals surface area contributed by atoms with E-state index in [4.69, 9.17) is 16.2 Å². The first-order valence-electron chi connectivity index (χ1n) is 5.47. The summed E-state index contributed by atoms with van der Waals surface area (Å²) in [6.07, 6.45) is 1.15. The molecule has 0 radical (unpaired) electrons. The molecule has 6 heteroatoms. The summed E-state index contributed by atoms with van der Waals surface area (Å²) >= 11 is 0. The molecule has 1 aliphatic heterocycles. The van der Waals surface area contributed by atoms with Gasteiger partial charge < -0.3 is 21.5 Å². The topological polar surface area (TPSA) is 107 Å². The van der Waals surface area contributed by atoms with Crippen molar-refractivity contribution in [3.8, 4) is 0 Å². The molecule has 92 valence electrons. The predicted molar refractivity (Wildman–Crippen MR) is 58.4 cm³/mol. The highest BCUT2D eigenvalue weighted by molar-refractivity contribution is 5.82. The molecule has 5 N–H and O–H groups in total. The van der Waals surface area contributed by atoms with Crippen LogP contribution in [0.25, 0.3) is 0 Å². The molecule has 16 heavy (non-hydrogen) atoms. The third-order valence-corrected chi connectivity index (χ3v) is 2.56. The van der Waals surface area contributed by atoms with Gasteiger partial charge in [0.05, 0.1) is 6.10 Å². The van der Waals surface area contributed by atoms with E-state index in [0.29, 0.717) is 13.0 Å². The molecular weight excluding hydrogens is 210 g/mol. The lowest BCUT2D eigenvalue weighted by Gasteiger charge is -2.16. The van der Waals surface area contributed by atoms with Crippen LogP contribution >= 0.6 is 0 Å². The molecule has 1 fully saturated rings. The Morgan fingerprint density at radius 1 is 1.50 bits per heavy atom. The number of carbonyl (C=O) groups excluding carboxylic acids is 2. The van der Waals surface area contributed by atoms with Crippen LogP contribution in [-0.4, -0.2) is 36.6 Å². The van der Waals surface area contributed by atoms with Crippen LogP contribution in [0.15, 0.2) is 0 Å². The zero-order valence-electron chi connectivity index (χ0n) is 9.44. The molecule has 0 aliphatic carbocycles. The van der Waals surface area contributed by atoms with Gasteiger partial charge in [0.15, 0.2) is 0 Å². The lowest BCUT2D eigenvalue weighted by atomic mass is 10.1. The Hall–Kier alpha value is -1.14. The summed E-state index contributed by atoms with van der Waals surface area (Å²) in [6.45, 7) is 2.17. The van der Waals surface area contributed by atoms with Crippen LogP contribution in [0.2, 0.25) is 0 Å². The highest BCUT2D eigenvalue weighted by Crippen LogP contribution is 2.18. The molecule has 0 spiro atoms. The van der Waals surface area contributed by atoms with Gasteiger partial charge in [-0.2, -0.15) is 0 Å². The largest absolute Gasteiger partial charge is 0.370 e. The molecule has 0 aromatic rings. The van der Waals surface area contributed by atoms with E-state index in [1.54, 1.807) is 6.92 Å². The highest BCUT2D eigenvalue weighted by Gasteiger charge is 2.30. The van der Waals surface area contributed by atoms with Crippen molar-refractivity contribution in [1.82, 2.24) is 5.32 Å². The van der Waals surface area contributed by atoms with Gasteiger partial charge in [-0.3, -0.25) is 9.59 Å². The molecule has 0 aromatic heterocycles. The Morgan fingerprint density at radius 3 is 2.69 bits per heavy atom. The first-order valence-corrected chi connectivity index (χ1v) is 5.47. The Balaban J connectivity index is 2.33. The van der Waals surface area contributed by atoms with E-state index >= 15 is 0 Å². The smallest absolute Gasteiger partial charge is 0.249 e. The Bertz CT molecular complexity index is 270. The summed E-state index contributed by atoms with van der Waals surface area (Å²) in [5.74, 6) is -0.621. The number of primary amides is 1. The molecule has 0 saturated carbocycles. The number of hydrogen-bond donors (Lipinski definition) is 3. The third-order valence-electron chi connectivity index (χ3n) is 2.56. The van der Waals surface area contributed by atoms with E-state index in [-0.39, 0.29) is 24.5 Å². The van der Waals surface area contributed by atoms with E-state index in [9.17, 15) is 9.59 Å². The Labute approximate surface area is 94.7 Å². The minimum absolute atomic E-state index is 0.0257. The first-order chi connectivity index (χ1) is 7.52. The molecule has 1 aliphatic rings. The molecule has 1 heterocycles. The van der Waals surface area contributed by atoms with Crippen LogP contribution in [0, 0.1) is 0 Å². The summed E-state index contributed by atoms with van der Waals surface area (Å²) < 4.78 is 5.43. The van der Waals surface area contributed by atoms with Crippen molar-refractivity contribution in [2.24, 2.45) is 11.5 Å². The van der Waals surface area contributed by atoms with E-state index in [1.807, 2.05) is 0 Å². The summed E-state index contributed by atoms with van der Waals surface area (Å²) in [4.78, 5) is 22.3. The quantitative estimate of drug-likeness (QED) is 0.554. The van der Waals surface area contributed by atoms with Gasteiger partial charge in [0, 0.05) is 19.0 Å². The number of amides is 2. The second kappa shape index (κ2) is 5.81. The van der Waals surface area contributed by atoms with Gasteiger partial charge in [-0.25, -0.2) is 0 Å². The Kier molecular flexibility index (Phi) is 4.70. The van der Waals surface area contributed by atoms with Crippen LogP contribution in [-0.2, 0) is 14.3 Å². The zero-order valence-corrected chi connectivity index (χ0v) is 9.44. The van der Waals surface area contributed by atoms with Crippen molar-refractivity contribution in [1.29, 1.82) is 0 Å². The molecule has 2 amide bonds. The SMILES string of the molecule is CC(CC(N)=O)NC(=O)C1CCC(CN)O1. The summed E-state index contributed by atoms with van der Waals surface area (Å²) in [5.41, 5.74) is 10.5. The van der Waals surface area contributed by atoms with Gasteiger partial charge >= 0.3 is 0 Å². The molecule has 0 bridgehead atoms. The molecule has 1 saturated heterocycles. The maximum Gasteiger partial charge on any atom is 0.249 e. The number of carbonyl (C=O) groups is 2. The first kappa shape index (κ1) is 12.9. The highest BCUT2D eigenvalue weighted by atomic mass is 16.5. The molecular formula is C10H19N3O3. The molecule has 3 atom stereocenters. The predicted octanol–water partition coefficient (Wildman–Crippen LogP) is -1.13. The second-order valence-corrected chi connectivity index (χ2v) is 4.14. The number of nitrogens with two attached hydrogens (primary N) is 2. The van der Waals surface area contributed by atoms with Crippen molar-refractivity contribution in [2.45, 2.75) is 44.4 Å². The van der Waals surface area contributed by atoms with Gasteiger partial charge in [-0.05, 0) is 19.8 Å². The normalized spacial score (nSPS) is 26.4. The van der Waals surface area contributed by atoms with Gasteiger partial charge in [0.25, 0.3) is 0 Å². The molecule has 3 unspecified atom stereocenters. The summed E-state index contributed by atoms with van der Waals surface area (Å²) in [5, 5.41) is 2.69. The minimum atomic E-state index is -0.441. The van der Waals surface area contributed by atoms with Gasteiger partial charge in [-0.15, -0.1) is 0 Å². The van der Waals surface area contributed by atoms with Crippen LogP contribution in [0.5, 0.6) is 0 Å². The molecule has 0 aromatic carbocycles. The van der Waals surface area contributed by atoms with Gasteiger partial charge in [0.2, 0.25) is 11.8 Å². The fourth-order valence-corrected chi connectivity index (χ4v) is 1.76. The zero-order chi connectivity index (χ0) is 12.1. The maximum absolute atomic E-state index is 11.7. The van der Waals surface area contributed by atoms with E-state index in [1.165, 1.54) is 0 Å². The minimum Gasteiger partial charge on any atom is -0.370 e. The van der Waals surface area contributed by atoms with Crippen molar-refractivity contribution < 1.29 is 14.3 Å². The van der Waals surface area contributed by atoms with Crippen LogP contribution in [0.4, 0.5) is 0 Å². The van der Waals surface area contributed by atoms with Crippen LogP contribution in [0.1, 0.15) is 26.2 Å². The second-order valence-electron chi connectivity index (χ2n) is 4.14. The molecule has 1 rings (SSSR count). The summed E-state index contributed by atoms with van der Waals surface area (Å²) in [6, 6.07) is -0.259. The van der Waals surface area contributed by atoms with E-state index in [2.05, 4.69) is 5.32 Å². The van der Waals surface area contributed by atoms with Gasteiger partial charge in [-0.1, -0.05) is 0 Å². The van der Waals surface area contributed by atoms with Crippen LogP contribution < -0.4 is 16.8 Å². The van der Waals surface area contributed by atoms with Crippen molar-refractivity contribution in [3.05, 3.63) is 0 Å². The van der Waals surface area contributed by atoms with E-state index < -0.39 is 12.0 Å². The summed E-state index contributed by atoms with van der Waals surface area (Å²) in [7, 11) is 0. The monoisotopic (exact) mass is 229 g/mol. The fourth-order valence-electron chi connectivity index (χ4n) is 1.76. The maximum atomic E-state index is 11.7. The fraction of sp³-hybridized carbons (Fsp3) is 0.800. The van der Waals surface area contributed by atoms with E-state index in [0.717, 1.165) is 6.42 Å². The number of hydrogen-bond acceptors (Lipinski definition) is 4. The van der Waals surface area contributed by atoms with Crippen LogP contribution in [0.3, 0.4) is 0 Å². The van der Waals surface area contributed by atoms with Crippen molar-refractivity contribution >= 4 is 11.8 Å². The van der Waals surface area contributed by atoms with Gasteiger partial charge in [0.1, 0.15) is 6.10 Å². The Morgan fingerprint density at radius 2 is 2.19 bits per heavy atom. The number of nitrogens with one attached hydrogen (secondary N) is 1.